The van der Waals surface area contributed by atoms with Crippen LogP contribution in [0.25, 0.3) is 0 Å². The van der Waals surface area contributed by atoms with E-state index < -0.39 is 32.5 Å². The molecule has 0 spiro atoms. The van der Waals surface area contributed by atoms with Crippen LogP contribution in [-0.4, -0.2) is 70.0 Å². The fourth-order valence-electron chi connectivity index (χ4n) is 6.22. The van der Waals surface area contributed by atoms with E-state index in [0.29, 0.717) is 17.4 Å². The number of carbonyl (C=O) groups is 2. The quantitative estimate of drug-likeness (QED) is 0.0198. The van der Waals surface area contributed by atoms with Gasteiger partial charge < -0.3 is 27.9 Å². The number of hydrogen-bond donors (Lipinski definition) is 0. The molecule has 0 saturated carbocycles. The maximum atomic E-state index is 12.7. The summed E-state index contributed by atoms with van der Waals surface area (Å²) >= 11 is 0. The molecule has 0 aromatic carbocycles. The van der Waals surface area contributed by atoms with Crippen molar-refractivity contribution >= 4 is 19.8 Å². The summed E-state index contributed by atoms with van der Waals surface area (Å²) in [6, 6.07) is 0. The van der Waals surface area contributed by atoms with Gasteiger partial charge in [0.05, 0.1) is 27.7 Å². The smallest absolute Gasteiger partial charge is 0.306 e. The van der Waals surface area contributed by atoms with Crippen molar-refractivity contribution in [3.8, 4) is 0 Å². The van der Waals surface area contributed by atoms with Gasteiger partial charge in [-0.1, -0.05) is 174 Å². The maximum absolute atomic E-state index is 12.7. The number of quaternary nitrogens is 1. The monoisotopic (exact) mass is 788 g/mol. The number of likely N-dealkylation sites (N-methyl/N-ethyl adjacent to an activating group) is 1. The Morgan fingerprint density at radius 3 is 1.43 bits per heavy atom. The highest BCUT2D eigenvalue weighted by Gasteiger charge is 2.21. The Morgan fingerprint density at radius 1 is 0.556 bits per heavy atom. The van der Waals surface area contributed by atoms with Crippen LogP contribution in [0.1, 0.15) is 206 Å². The van der Waals surface area contributed by atoms with E-state index >= 15 is 0 Å². The number of unbranched alkanes of at least 4 members (excludes halogenated alkanes) is 25. The fraction of sp³-hybridized carbons (Fsp3) is 0.909. The van der Waals surface area contributed by atoms with Gasteiger partial charge in [0, 0.05) is 12.8 Å². The lowest BCUT2D eigenvalue weighted by Crippen LogP contribution is -2.37. The Kier molecular flexibility index (Phi) is 36.5. The number of carbonyl (C=O) groups excluding carboxylic acids is 2. The van der Waals surface area contributed by atoms with Gasteiger partial charge >= 0.3 is 11.9 Å². The van der Waals surface area contributed by atoms with Crippen LogP contribution in [0, 0.1) is 0 Å². The maximum Gasteiger partial charge on any atom is 0.306 e. The standard InChI is InChI=1S/C44H86NO8P/c1-6-8-10-12-14-16-18-19-20-21-22-23-24-25-27-29-31-33-35-37-44(47)53-42(41-52-54(48,49)51-39-38-45(3,4)5)40-50-43(46)36-34-32-30-28-26-17-15-13-11-9-7-2/h13,15,42H,6-12,14,16-41H2,1-5H3/b15-13-/t42-/m1/s1. The zero-order valence-electron chi connectivity index (χ0n) is 35.9. The molecular weight excluding hydrogens is 701 g/mol. The summed E-state index contributed by atoms with van der Waals surface area (Å²) in [4.78, 5) is 37.5. The van der Waals surface area contributed by atoms with E-state index in [1.165, 1.54) is 116 Å². The molecule has 0 N–H and O–H groups in total. The lowest BCUT2D eigenvalue weighted by Gasteiger charge is -2.28. The lowest BCUT2D eigenvalue weighted by atomic mass is 10.0. The molecular formula is C44H86NO8P. The first-order valence-corrected chi connectivity index (χ1v) is 23.9. The zero-order valence-corrected chi connectivity index (χ0v) is 36.8. The first kappa shape index (κ1) is 52.8. The fourth-order valence-corrected chi connectivity index (χ4v) is 6.95. The molecule has 0 aliphatic carbocycles. The van der Waals surface area contributed by atoms with Gasteiger partial charge in [-0.3, -0.25) is 14.2 Å². The summed E-state index contributed by atoms with van der Waals surface area (Å²) in [5.74, 6) is -0.836. The first-order chi connectivity index (χ1) is 26.0. The van der Waals surface area contributed by atoms with E-state index in [9.17, 15) is 19.0 Å². The van der Waals surface area contributed by atoms with Gasteiger partial charge in [-0.25, -0.2) is 0 Å². The summed E-state index contributed by atoms with van der Waals surface area (Å²) in [5.41, 5.74) is 0. The normalized spacial score (nSPS) is 13.7. The summed E-state index contributed by atoms with van der Waals surface area (Å²) in [7, 11) is 1.17. The van der Waals surface area contributed by atoms with Crippen LogP contribution in [0.3, 0.4) is 0 Å². The van der Waals surface area contributed by atoms with Gasteiger partial charge in [0.25, 0.3) is 7.82 Å². The third-order valence-electron chi connectivity index (χ3n) is 9.79. The summed E-state index contributed by atoms with van der Waals surface area (Å²) in [5, 5.41) is 0. The predicted molar refractivity (Wildman–Crippen MR) is 222 cm³/mol. The SMILES string of the molecule is CCCC/C=C\CCCCCCCC(=O)OC[C@H](COP(=O)([O-])OCC[N+](C)(C)C)OC(=O)CCCCCCCCCCCCCCCCCCCCC. The number of rotatable bonds is 41. The topological polar surface area (TPSA) is 111 Å². The molecule has 54 heavy (non-hydrogen) atoms. The molecule has 2 atom stereocenters. The Hall–Kier alpha value is -1.25. The minimum absolute atomic E-state index is 0.0290. The summed E-state index contributed by atoms with van der Waals surface area (Å²) in [6.45, 7) is 4.20. The molecule has 0 fully saturated rings. The molecule has 1 unspecified atom stereocenters. The molecule has 0 bridgehead atoms. The molecule has 0 saturated heterocycles. The third kappa shape index (κ3) is 40.4. The van der Waals surface area contributed by atoms with Crippen molar-refractivity contribution in [1.82, 2.24) is 0 Å². The zero-order chi connectivity index (χ0) is 40.0. The molecule has 0 amide bonds. The van der Waals surface area contributed by atoms with Crippen molar-refractivity contribution in [3.63, 3.8) is 0 Å². The van der Waals surface area contributed by atoms with E-state index in [1.807, 2.05) is 21.1 Å². The minimum Gasteiger partial charge on any atom is -0.756 e. The first-order valence-electron chi connectivity index (χ1n) is 22.4. The number of phosphoric acid groups is 1. The predicted octanol–water partition coefficient (Wildman–Crippen LogP) is 11.9. The van der Waals surface area contributed by atoms with Crippen molar-refractivity contribution < 1.29 is 42.1 Å². The van der Waals surface area contributed by atoms with Crippen LogP contribution in [0.5, 0.6) is 0 Å². The largest absolute Gasteiger partial charge is 0.756 e. The van der Waals surface area contributed by atoms with Crippen LogP contribution in [-0.2, 0) is 32.7 Å². The molecule has 0 aliphatic heterocycles. The van der Waals surface area contributed by atoms with Crippen LogP contribution < -0.4 is 4.89 Å². The number of allylic oxidation sites excluding steroid dienone is 2. The van der Waals surface area contributed by atoms with Gasteiger partial charge in [-0.05, 0) is 32.1 Å². The van der Waals surface area contributed by atoms with Crippen molar-refractivity contribution in [3.05, 3.63) is 12.2 Å². The number of ether oxygens (including phenoxy) is 2. The van der Waals surface area contributed by atoms with Gasteiger partial charge in [0.1, 0.15) is 19.8 Å². The lowest BCUT2D eigenvalue weighted by molar-refractivity contribution is -0.870. The van der Waals surface area contributed by atoms with Gasteiger partial charge in [-0.15, -0.1) is 0 Å². The Bertz CT molecular complexity index is 938. The minimum atomic E-state index is -4.62. The molecule has 0 aromatic heterocycles. The number of phosphoric ester groups is 1. The second-order valence-corrected chi connectivity index (χ2v) is 17.8. The van der Waals surface area contributed by atoms with Crippen LogP contribution in [0.4, 0.5) is 0 Å². The molecule has 320 valence electrons. The summed E-state index contributed by atoms with van der Waals surface area (Å²) < 4.78 is 33.9. The molecule has 0 aromatic rings. The Labute approximate surface area is 333 Å². The highest BCUT2D eigenvalue weighted by Crippen LogP contribution is 2.38. The molecule has 9 nitrogen and oxygen atoms in total. The van der Waals surface area contributed by atoms with E-state index in [4.69, 9.17) is 18.5 Å². The number of esters is 2. The third-order valence-corrected chi connectivity index (χ3v) is 10.7. The van der Waals surface area contributed by atoms with Gasteiger partial charge in [-0.2, -0.15) is 0 Å². The van der Waals surface area contributed by atoms with Crippen molar-refractivity contribution in [2.24, 2.45) is 0 Å². The molecule has 0 rings (SSSR count). The van der Waals surface area contributed by atoms with Crippen molar-refractivity contribution in [2.75, 3.05) is 47.5 Å². The highest BCUT2D eigenvalue weighted by molar-refractivity contribution is 7.45. The van der Waals surface area contributed by atoms with E-state index in [0.717, 1.165) is 57.8 Å². The van der Waals surface area contributed by atoms with Crippen LogP contribution in [0.15, 0.2) is 12.2 Å². The second kappa shape index (κ2) is 37.3. The van der Waals surface area contributed by atoms with E-state index in [2.05, 4.69) is 26.0 Å². The average Bonchev–Trinajstić information content (AvgIpc) is 3.12. The van der Waals surface area contributed by atoms with Crippen LogP contribution >= 0.6 is 7.82 Å². The number of hydrogen-bond acceptors (Lipinski definition) is 8. The summed E-state index contributed by atoms with van der Waals surface area (Å²) in [6.07, 6.45) is 38.1. The number of nitrogens with zero attached hydrogens (tertiary/aromatic N) is 1. The van der Waals surface area contributed by atoms with Crippen LogP contribution in [0.2, 0.25) is 0 Å². The molecule has 10 heteroatoms. The Morgan fingerprint density at radius 2 is 0.963 bits per heavy atom. The Balaban J connectivity index is 4.27. The average molecular weight is 788 g/mol. The van der Waals surface area contributed by atoms with Gasteiger partial charge in [0.2, 0.25) is 0 Å². The second-order valence-electron chi connectivity index (χ2n) is 16.4. The van der Waals surface area contributed by atoms with E-state index in [1.54, 1.807) is 0 Å². The molecule has 0 heterocycles. The van der Waals surface area contributed by atoms with Crippen molar-refractivity contribution in [1.29, 1.82) is 0 Å². The highest BCUT2D eigenvalue weighted by atomic mass is 31.2. The molecule has 0 aliphatic rings. The van der Waals surface area contributed by atoms with Gasteiger partial charge in [0.15, 0.2) is 6.10 Å². The molecule has 0 radical (unpaired) electrons. The van der Waals surface area contributed by atoms with Crippen molar-refractivity contribution in [2.45, 2.75) is 213 Å². The van der Waals surface area contributed by atoms with E-state index in [-0.39, 0.29) is 26.1 Å².